The van der Waals surface area contributed by atoms with Crippen molar-refractivity contribution < 1.29 is 13.9 Å². The lowest BCUT2D eigenvalue weighted by Crippen LogP contribution is -2.33. The standard InChI is InChI=1S/C14H20FNO2/c1-4-18-14(17)13(9-10(2)3)16-12-8-6-5-7-11(12)15/h5-8,10,13,16H,4,9H2,1-3H3. The van der Waals surface area contributed by atoms with Crippen LogP contribution >= 0.6 is 0 Å². The predicted octanol–water partition coefficient (Wildman–Crippen LogP) is 3.22. The minimum absolute atomic E-state index is 0.318. The summed E-state index contributed by atoms with van der Waals surface area (Å²) in [7, 11) is 0. The van der Waals surface area contributed by atoms with Gasteiger partial charge in [0.05, 0.1) is 12.3 Å². The zero-order valence-corrected chi connectivity index (χ0v) is 11.1. The topological polar surface area (TPSA) is 38.3 Å². The van der Waals surface area contributed by atoms with Gasteiger partial charge in [-0.3, -0.25) is 0 Å². The Kier molecular flexibility index (Phi) is 5.62. The van der Waals surface area contributed by atoms with Gasteiger partial charge in [0.15, 0.2) is 0 Å². The fourth-order valence-corrected chi connectivity index (χ4v) is 1.69. The van der Waals surface area contributed by atoms with Crippen molar-refractivity contribution >= 4 is 11.7 Å². The van der Waals surface area contributed by atoms with E-state index in [0.29, 0.717) is 24.6 Å². The molecule has 3 nitrogen and oxygen atoms in total. The summed E-state index contributed by atoms with van der Waals surface area (Å²) in [5.41, 5.74) is 0.330. The van der Waals surface area contributed by atoms with Crippen LogP contribution in [0.3, 0.4) is 0 Å². The van der Waals surface area contributed by atoms with Crippen molar-refractivity contribution in [3.8, 4) is 0 Å². The molecule has 1 atom stereocenters. The van der Waals surface area contributed by atoms with Gasteiger partial charge in [0.2, 0.25) is 0 Å². The molecular weight excluding hydrogens is 233 g/mol. The monoisotopic (exact) mass is 253 g/mol. The minimum atomic E-state index is -0.512. The molecule has 4 heteroatoms. The van der Waals surface area contributed by atoms with Gasteiger partial charge < -0.3 is 10.1 Å². The van der Waals surface area contributed by atoms with Crippen LogP contribution in [-0.2, 0) is 9.53 Å². The van der Waals surface area contributed by atoms with Crippen molar-refractivity contribution in [3.05, 3.63) is 30.1 Å². The number of anilines is 1. The first-order valence-corrected chi connectivity index (χ1v) is 6.22. The van der Waals surface area contributed by atoms with E-state index < -0.39 is 6.04 Å². The highest BCUT2D eigenvalue weighted by Gasteiger charge is 2.21. The first kappa shape index (κ1) is 14.5. The Bertz CT molecular complexity index is 393. The SMILES string of the molecule is CCOC(=O)C(CC(C)C)Nc1ccccc1F. The Morgan fingerprint density at radius 1 is 1.39 bits per heavy atom. The quantitative estimate of drug-likeness (QED) is 0.791. The van der Waals surface area contributed by atoms with Gasteiger partial charge in [-0.15, -0.1) is 0 Å². The predicted molar refractivity (Wildman–Crippen MR) is 69.9 cm³/mol. The van der Waals surface area contributed by atoms with E-state index in [1.807, 2.05) is 13.8 Å². The summed E-state index contributed by atoms with van der Waals surface area (Å²) in [5.74, 6) is -0.385. The van der Waals surface area contributed by atoms with Gasteiger partial charge in [0.25, 0.3) is 0 Å². The molecule has 0 radical (unpaired) electrons. The molecule has 0 aromatic heterocycles. The molecule has 0 amide bonds. The van der Waals surface area contributed by atoms with Gasteiger partial charge in [0, 0.05) is 0 Å². The van der Waals surface area contributed by atoms with Crippen molar-refractivity contribution in [3.63, 3.8) is 0 Å². The van der Waals surface area contributed by atoms with Crippen molar-refractivity contribution in [2.75, 3.05) is 11.9 Å². The number of carbonyl (C=O) groups excluding carboxylic acids is 1. The van der Waals surface area contributed by atoms with Crippen LogP contribution in [0.5, 0.6) is 0 Å². The second-order valence-electron chi connectivity index (χ2n) is 4.56. The number of benzene rings is 1. The zero-order chi connectivity index (χ0) is 13.5. The van der Waals surface area contributed by atoms with E-state index in [2.05, 4.69) is 5.32 Å². The molecule has 0 aliphatic rings. The third kappa shape index (κ3) is 4.35. The van der Waals surface area contributed by atoms with Crippen LogP contribution in [0.4, 0.5) is 10.1 Å². The first-order valence-electron chi connectivity index (χ1n) is 6.22. The molecule has 0 fully saturated rings. The van der Waals surface area contributed by atoms with E-state index >= 15 is 0 Å². The fraction of sp³-hybridized carbons (Fsp3) is 0.500. The molecular formula is C14H20FNO2. The smallest absolute Gasteiger partial charge is 0.328 e. The number of hydrogen-bond acceptors (Lipinski definition) is 3. The van der Waals surface area contributed by atoms with Crippen LogP contribution in [-0.4, -0.2) is 18.6 Å². The Balaban J connectivity index is 2.78. The van der Waals surface area contributed by atoms with E-state index in [1.165, 1.54) is 6.07 Å². The molecule has 100 valence electrons. The summed E-state index contributed by atoms with van der Waals surface area (Å²) in [5, 5.41) is 2.91. The summed E-state index contributed by atoms with van der Waals surface area (Å²) in [6, 6.07) is 5.80. The van der Waals surface area contributed by atoms with Crippen LogP contribution in [0.2, 0.25) is 0 Å². The lowest BCUT2D eigenvalue weighted by Gasteiger charge is -2.20. The van der Waals surface area contributed by atoms with Crippen molar-refractivity contribution in [2.24, 2.45) is 5.92 Å². The minimum Gasteiger partial charge on any atom is -0.464 e. The molecule has 1 unspecified atom stereocenters. The highest BCUT2D eigenvalue weighted by molar-refractivity contribution is 5.79. The van der Waals surface area contributed by atoms with E-state index in [1.54, 1.807) is 25.1 Å². The molecule has 1 rings (SSSR count). The molecule has 0 aliphatic heterocycles. The number of hydrogen-bond donors (Lipinski definition) is 1. The number of rotatable bonds is 6. The van der Waals surface area contributed by atoms with Gasteiger partial charge in [-0.2, -0.15) is 0 Å². The van der Waals surface area contributed by atoms with E-state index in [9.17, 15) is 9.18 Å². The van der Waals surface area contributed by atoms with Gasteiger partial charge >= 0.3 is 5.97 Å². The molecule has 0 heterocycles. The molecule has 0 spiro atoms. The number of esters is 1. The highest BCUT2D eigenvalue weighted by atomic mass is 19.1. The van der Waals surface area contributed by atoms with Crippen molar-refractivity contribution in [1.29, 1.82) is 0 Å². The van der Waals surface area contributed by atoms with E-state index in [0.717, 1.165) is 0 Å². The Hall–Kier alpha value is -1.58. The average Bonchev–Trinajstić information content (AvgIpc) is 2.31. The van der Waals surface area contributed by atoms with Crippen LogP contribution < -0.4 is 5.32 Å². The number of carbonyl (C=O) groups is 1. The second-order valence-corrected chi connectivity index (χ2v) is 4.56. The summed E-state index contributed by atoms with van der Waals surface area (Å²) in [6.07, 6.45) is 0.604. The molecule has 1 aromatic rings. The lowest BCUT2D eigenvalue weighted by atomic mass is 10.0. The molecule has 1 aromatic carbocycles. The fourth-order valence-electron chi connectivity index (χ4n) is 1.69. The Morgan fingerprint density at radius 2 is 2.06 bits per heavy atom. The Morgan fingerprint density at radius 3 is 2.61 bits per heavy atom. The number of nitrogens with one attached hydrogen (secondary N) is 1. The maximum absolute atomic E-state index is 13.5. The van der Waals surface area contributed by atoms with Gasteiger partial charge in [-0.1, -0.05) is 26.0 Å². The maximum Gasteiger partial charge on any atom is 0.328 e. The zero-order valence-electron chi connectivity index (χ0n) is 11.1. The summed E-state index contributed by atoms with van der Waals surface area (Å²) in [6.45, 7) is 6.10. The normalized spacial score (nSPS) is 12.3. The third-order valence-corrected chi connectivity index (χ3v) is 2.48. The van der Waals surface area contributed by atoms with E-state index in [-0.39, 0.29) is 11.8 Å². The first-order chi connectivity index (χ1) is 8.54. The molecule has 0 saturated carbocycles. The maximum atomic E-state index is 13.5. The number of ether oxygens (including phenoxy) is 1. The van der Waals surface area contributed by atoms with Crippen LogP contribution in [0, 0.1) is 11.7 Å². The van der Waals surface area contributed by atoms with Crippen LogP contribution in [0.25, 0.3) is 0 Å². The molecule has 1 N–H and O–H groups in total. The summed E-state index contributed by atoms with van der Waals surface area (Å²) in [4.78, 5) is 11.8. The summed E-state index contributed by atoms with van der Waals surface area (Å²) >= 11 is 0. The van der Waals surface area contributed by atoms with Crippen LogP contribution in [0.15, 0.2) is 24.3 Å². The molecule has 0 aliphatic carbocycles. The number of para-hydroxylation sites is 1. The molecule has 0 saturated heterocycles. The van der Waals surface area contributed by atoms with Crippen molar-refractivity contribution in [1.82, 2.24) is 0 Å². The average molecular weight is 253 g/mol. The number of halogens is 1. The summed E-state index contributed by atoms with van der Waals surface area (Å²) < 4.78 is 18.5. The third-order valence-electron chi connectivity index (χ3n) is 2.48. The molecule has 0 bridgehead atoms. The van der Waals surface area contributed by atoms with Crippen LogP contribution in [0.1, 0.15) is 27.2 Å². The largest absolute Gasteiger partial charge is 0.464 e. The Labute approximate surface area is 107 Å². The van der Waals surface area contributed by atoms with E-state index in [4.69, 9.17) is 4.74 Å². The lowest BCUT2D eigenvalue weighted by molar-refractivity contribution is -0.144. The second kappa shape index (κ2) is 6.99. The van der Waals surface area contributed by atoms with Gasteiger partial charge in [0.1, 0.15) is 11.9 Å². The van der Waals surface area contributed by atoms with Gasteiger partial charge in [-0.05, 0) is 31.4 Å². The molecule has 18 heavy (non-hydrogen) atoms. The highest BCUT2D eigenvalue weighted by Crippen LogP contribution is 2.17. The van der Waals surface area contributed by atoms with Crippen molar-refractivity contribution in [2.45, 2.75) is 33.2 Å². The van der Waals surface area contributed by atoms with Gasteiger partial charge in [-0.25, -0.2) is 9.18 Å².